The Morgan fingerprint density at radius 1 is 0.929 bits per heavy atom. The van der Waals surface area contributed by atoms with Crippen molar-refractivity contribution in [3.05, 3.63) is 85.2 Å². The maximum absolute atomic E-state index is 6.12. The second kappa shape index (κ2) is 9.09. The second-order valence-corrected chi connectivity index (χ2v) is 6.83. The van der Waals surface area contributed by atoms with Crippen LogP contribution in [0.1, 0.15) is 24.8 Å². The van der Waals surface area contributed by atoms with Gasteiger partial charge in [-0.2, -0.15) is 0 Å². The fraction of sp³-hybridized carbons (Fsp3) is 0.208. The summed E-state index contributed by atoms with van der Waals surface area (Å²) in [6, 6.07) is 18.8. The molecule has 2 aromatic heterocycles. The zero-order valence-electron chi connectivity index (χ0n) is 15.8. The Hall–Kier alpha value is -3.27. The van der Waals surface area contributed by atoms with Crippen LogP contribution in [0.5, 0.6) is 5.75 Å². The molecule has 1 N–H and O–H groups in total. The summed E-state index contributed by atoms with van der Waals surface area (Å²) in [6.45, 7) is 0.711. The van der Waals surface area contributed by atoms with Gasteiger partial charge in [-0.05, 0) is 55.5 Å². The van der Waals surface area contributed by atoms with Crippen molar-refractivity contribution in [2.75, 3.05) is 6.61 Å². The number of benzene rings is 2. The van der Waals surface area contributed by atoms with Crippen LogP contribution in [0.3, 0.4) is 0 Å². The molecule has 0 radical (unpaired) electrons. The molecule has 4 rings (SSSR count). The van der Waals surface area contributed by atoms with Crippen LogP contribution in [0.15, 0.2) is 84.1 Å². The minimum absolute atomic E-state index is 0.711. The number of hydrogen-bond acceptors (Lipinski definition) is 3. The third kappa shape index (κ3) is 4.52. The molecule has 28 heavy (non-hydrogen) atoms. The van der Waals surface area contributed by atoms with Crippen LogP contribution < -0.4 is 4.74 Å². The Labute approximate surface area is 165 Å². The third-order valence-corrected chi connectivity index (χ3v) is 4.83. The molecule has 0 spiro atoms. The molecule has 0 saturated carbocycles. The van der Waals surface area contributed by atoms with E-state index in [1.807, 2.05) is 18.3 Å². The SMILES string of the molecule is c1ccc(CCCCCOc2ccc(-c3cnc[nH]3)cc2-c2ccoc2)cc1. The van der Waals surface area contributed by atoms with E-state index in [0.717, 1.165) is 47.4 Å². The van der Waals surface area contributed by atoms with Crippen LogP contribution >= 0.6 is 0 Å². The van der Waals surface area contributed by atoms with Crippen LogP contribution in [0, 0.1) is 0 Å². The zero-order valence-corrected chi connectivity index (χ0v) is 15.8. The van der Waals surface area contributed by atoms with E-state index >= 15 is 0 Å². The number of nitrogens with one attached hydrogen (secondary N) is 1. The monoisotopic (exact) mass is 372 g/mol. The molecular formula is C24H24N2O2. The van der Waals surface area contributed by atoms with Crippen molar-refractivity contribution < 1.29 is 9.15 Å². The van der Waals surface area contributed by atoms with Crippen molar-refractivity contribution in [3.63, 3.8) is 0 Å². The van der Waals surface area contributed by atoms with E-state index in [0.29, 0.717) is 6.61 Å². The molecule has 0 amide bonds. The number of aromatic amines is 1. The van der Waals surface area contributed by atoms with E-state index in [1.54, 1.807) is 18.9 Å². The van der Waals surface area contributed by atoms with Gasteiger partial charge in [0.25, 0.3) is 0 Å². The highest BCUT2D eigenvalue weighted by molar-refractivity contribution is 5.76. The van der Waals surface area contributed by atoms with Gasteiger partial charge in [0.1, 0.15) is 5.75 Å². The van der Waals surface area contributed by atoms with Crippen LogP contribution in [-0.2, 0) is 6.42 Å². The third-order valence-electron chi connectivity index (χ3n) is 4.83. The van der Waals surface area contributed by atoms with E-state index in [-0.39, 0.29) is 0 Å². The van der Waals surface area contributed by atoms with Crippen molar-refractivity contribution in [1.82, 2.24) is 9.97 Å². The number of hydrogen-bond donors (Lipinski definition) is 1. The van der Waals surface area contributed by atoms with Gasteiger partial charge in [-0.1, -0.05) is 30.3 Å². The summed E-state index contributed by atoms with van der Waals surface area (Å²) in [7, 11) is 0. The van der Waals surface area contributed by atoms with Crippen molar-refractivity contribution in [2.45, 2.75) is 25.7 Å². The number of imidazole rings is 1. The second-order valence-electron chi connectivity index (χ2n) is 6.83. The molecule has 0 aliphatic carbocycles. The minimum Gasteiger partial charge on any atom is -0.493 e. The summed E-state index contributed by atoms with van der Waals surface area (Å²) >= 11 is 0. The molecule has 0 saturated heterocycles. The molecule has 2 heterocycles. The molecular weight excluding hydrogens is 348 g/mol. The summed E-state index contributed by atoms with van der Waals surface area (Å²) in [5.74, 6) is 0.882. The molecule has 0 atom stereocenters. The number of rotatable bonds is 9. The van der Waals surface area contributed by atoms with Gasteiger partial charge < -0.3 is 14.1 Å². The summed E-state index contributed by atoms with van der Waals surface area (Å²) in [6.07, 6.45) is 11.4. The number of ether oxygens (including phenoxy) is 1. The maximum Gasteiger partial charge on any atom is 0.127 e. The van der Waals surface area contributed by atoms with Crippen LogP contribution in [0.4, 0.5) is 0 Å². The van der Waals surface area contributed by atoms with Gasteiger partial charge in [-0.3, -0.25) is 0 Å². The maximum atomic E-state index is 6.12. The molecule has 2 aromatic carbocycles. The molecule has 0 aliphatic rings. The number of aryl methyl sites for hydroxylation is 1. The van der Waals surface area contributed by atoms with Crippen LogP contribution in [0.2, 0.25) is 0 Å². The lowest BCUT2D eigenvalue weighted by atomic mass is 10.0. The van der Waals surface area contributed by atoms with Crippen molar-refractivity contribution >= 4 is 0 Å². The zero-order chi connectivity index (χ0) is 19.0. The molecule has 142 valence electrons. The number of unbranched alkanes of at least 4 members (excludes halogenated alkanes) is 2. The Morgan fingerprint density at radius 3 is 2.64 bits per heavy atom. The van der Waals surface area contributed by atoms with Crippen LogP contribution in [0.25, 0.3) is 22.4 Å². The largest absolute Gasteiger partial charge is 0.493 e. The van der Waals surface area contributed by atoms with Crippen molar-refractivity contribution in [1.29, 1.82) is 0 Å². The Balaban J connectivity index is 1.36. The van der Waals surface area contributed by atoms with Gasteiger partial charge in [0.15, 0.2) is 0 Å². The normalized spacial score (nSPS) is 10.9. The van der Waals surface area contributed by atoms with Gasteiger partial charge >= 0.3 is 0 Å². The molecule has 4 aromatic rings. The molecule has 4 nitrogen and oxygen atoms in total. The van der Waals surface area contributed by atoms with Crippen LogP contribution in [-0.4, -0.2) is 16.6 Å². The number of aromatic nitrogens is 2. The van der Waals surface area contributed by atoms with Gasteiger partial charge in [-0.25, -0.2) is 4.98 Å². The lowest BCUT2D eigenvalue weighted by molar-refractivity contribution is 0.306. The molecule has 0 fully saturated rings. The topological polar surface area (TPSA) is 51.0 Å². The average Bonchev–Trinajstić information content (AvgIpc) is 3.46. The summed E-state index contributed by atoms with van der Waals surface area (Å²) in [4.78, 5) is 7.26. The molecule has 0 bridgehead atoms. The van der Waals surface area contributed by atoms with Gasteiger partial charge in [0.2, 0.25) is 0 Å². The van der Waals surface area contributed by atoms with Gasteiger partial charge in [-0.15, -0.1) is 0 Å². The van der Waals surface area contributed by atoms with E-state index in [4.69, 9.17) is 9.15 Å². The smallest absolute Gasteiger partial charge is 0.127 e. The molecule has 0 aliphatic heterocycles. The lowest BCUT2D eigenvalue weighted by Crippen LogP contribution is -1.99. The van der Waals surface area contributed by atoms with E-state index in [1.165, 1.54) is 12.0 Å². The first kappa shape index (κ1) is 18.1. The van der Waals surface area contributed by atoms with E-state index in [9.17, 15) is 0 Å². The minimum atomic E-state index is 0.711. The quantitative estimate of drug-likeness (QED) is 0.360. The highest BCUT2D eigenvalue weighted by Crippen LogP contribution is 2.34. The average molecular weight is 372 g/mol. The predicted octanol–water partition coefficient (Wildman–Crippen LogP) is 6.13. The van der Waals surface area contributed by atoms with Crippen molar-refractivity contribution in [3.8, 4) is 28.1 Å². The Bertz CT molecular complexity index is 961. The number of H-pyrrole nitrogens is 1. The van der Waals surface area contributed by atoms with E-state index in [2.05, 4.69) is 52.4 Å². The van der Waals surface area contributed by atoms with Gasteiger partial charge in [0.05, 0.1) is 37.4 Å². The first-order valence-corrected chi connectivity index (χ1v) is 9.72. The fourth-order valence-electron chi connectivity index (χ4n) is 3.32. The Kier molecular flexibility index (Phi) is 5.88. The highest BCUT2D eigenvalue weighted by atomic mass is 16.5. The summed E-state index contributed by atoms with van der Waals surface area (Å²) in [5, 5.41) is 0. The predicted molar refractivity (Wildman–Crippen MR) is 111 cm³/mol. The first-order valence-electron chi connectivity index (χ1n) is 9.72. The lowest BCUT2D eigenvalue weighted by Gasteiger charge is -2.12. The molecule has 0 unspecified atom stereocenters. The first-order chi connectivity index (χ1) is 13.9. The molecule has 4 heteroatoms. The van der Waals surface area contributed by atoms with Gasteiger partial charge in [0, 0.05) is 16.7 Å². The van der Waals surface area contributed by atoms with Crippen molar-refractivity contribution in [2.24, 2.45) is 0 Å². The van der Waals surface area contributed by atoms with E-state index < -0.39 is 0 Å². The Morgan fingerprint density at radius 2 is 1.86 bits per heavy atom. The number of furan rings is 1. The standard InChI is InChI=1S/C24H24N2O2/c1-3-7-19(8-4-1)9-5-2-6-13-28-24-11-10-20(23-16-25-18-26-23)15-22(24)21-12-14-27-17-21/h1,3-4,7-8,10-12,14-18H,2,5-6,9,13H2,(H,25,26). The number of nitrogens with zero attached hydrogens (tertiary/aromatic N) is 1. The fourth-order valence-corrected chi connectivity index (χ4v) is 3.32. The summed E-state index contributed by atoms with van der Waals surface area (Å²) < 4.78 is 11.4. The summed E-state index contributed by atoms with van der Waals surface area (Å²) in [5.41, 5.74) is 5.51. The highest BCUT2D eigenvalue weighted by Gasteiger charge is 2.11.